The Morgan fingerprint density at radius 3 is 2.80 bits per heavy atom. The highest BCUT2D eigenvalue weighted by Gasteiger charge is 2.45. The Bertz CT molecular complexity index is 510. The fraction of sp³-hybridized carbons (Fsp3) is 0.688. The molecule has 0 aromatic carbocycles. The lowest BCUT2D eigenvalue weighted by atomic mass is 9.95. The Labute approximate surface area is 120 Å². The van der Waals surface area contributed by atoms with Gasteiger partial charge in [0.1, 0.15) is 0 Å². The second-order valence-corrected chi connectivity index (χ2v) is 6.37. The number of aryl methyl sites for hydroxylation is 1. The molecular formula is C16H23N3O. The van der Waals surface area contributed by atoms with Crippen molar-refractivity contribution in [1.82, 2.24) is 14.9 Å². The first kappa shape index (κ1) is 13.5. The van der Waals surface area contributed by atoms with Crippen LogP contribution in [-0.2, 0) is 10.3 Å². The van der Waals surface area contributed by atoms with E-state index in [0.29, 0.717) is 5.91 Å². The van der Waals surface area contributed by atoms with Crippen LogP contribution in [0.2, 0.25) is 0 Å². The van der Waals surface area contributed by atoms with E-state index in [-0.39, 0.29) is 11.5 Å². The highest BCUT2D eigenvalue weighted by molar-refractivity contribution is 5.80. The molecule has 3 rings (SSSR count). The van der Waals surface area contributed by atoms with Gasteiger partial charge in [-0.3, -0.25) is 4.79 Å². The van der Waals surface area contributed by atoms with Crippen LogP contribution < -0.4 is 0 Å². The number of amides is 1. The maximum absolute atomic E-state index is 12.8. The highest BCUT2D eigenvalue weighted by atomic mass is 16.2. The predicted molar refractivity (Wildman–Crippen MR) is 77.0 cm³/mol. The van der Waals surface area contributed by atoms with Gasteiger partial charge in [0, 0.05) is 24.4 Å². The van der Waals surface area contributed by atoms with Crippen LogP contribution in [0.25, 0.3) is 0 Å². The molecule has 0 spiro atoms. The van der Waals surface area contributed by atoms with Gasteiger partial charge in [0.25, 0.3) is 0 Å². The summed E-state index contributed by atoms with van der Waals surface area (Å²) in [6.07, 6.45) is 8.32. The number of aromatic nitrogens is 2. The fourth-order valence-electron chi connectivity index (χ4n) is 3.65. The maximum Gasteiger partial charge on any atom is 0.226 e. The largest absolute Gasteiger partial charge is 0.330 e. The zero-order valence-corrected chi connectivity index (χ0v) is 12.4. The summed E-state index contributed by atoms with van der Waals surface area (Å²) in [6.45, 7) is 4.96. The molecule has 2 heterocycles. The number of carbonyl (C=O) groups excluding carboxylic acids is 1. The lowest BCUT2D eigenvalue weighted by Gasteiger charge is -2.35. The minimum Gasteiger partial charge on any atom is -0.330 e. The van der Waals surface area contributed by atoms with Gasteiger partial charge in [-0.1, -0.05) is 12.8 Å². The molecule has 1 aromatic rings. The van der Waals surface area contributed by atoms with Gasteiger partial charge in [0.2, 0.25) is 5.91 Å². The van der Waals surface area contributed by atoms with E-state index >= 15 is 0 Å². The summed E-state index contributed by atoms with van der Waals surface area (Å²) in [6, 6.07) is 1.91. The van der Waals surface area contributed by atoms with Crippen molar-refractivity contribution in [3.8, 4) is 0 Å². The number of likely N-dealkylation sites (tertiary alicyclic amines) is 1. The second-order valence-electron chi connectivity index (χ2n) is 6.37. The van der Waals surface area contributed by atoms with Crippen LogP contribution in [0.1, 0.15) is 57.0 Å². The van der Waals surface area contributed by atoms with E-state index in [9.17, 15) is 4.79 Å². The average molecular weight is 273 g/mol. The van der Waals surface area contributed by atoms with Gasteiger partial charge in [-0.05, 0) is 45.6 Å². The van der Waals surface area contributed by atoms with Gasteiger partial charge in [0.15, 0.2) is 5.82 Å². The molecular weight excluding hydrogens is 250 g/mol. The fourth-order valence-corrected chi connectivity index (χ4v) is 3.65. The van der Waals surface area contributed by atoms with Crippen molar-refractivity contribution >= 4 is 5.91 Å². The smallest absolute Gasteiger partial charge is 0.226 e. The van der Waals surface area contributed by atoms with Gasteiger partial charge in [-0.2, -0.15) is 0 Å². The molecule has 1 aromatic heterocycles. The van der Waals surface area contributed by atoms with Crippen LogP contribution in [-0.4, -0.2) is 27.3 Å². The number of nitrogens with zero attached hydrogens (tertiary/aromatic N) is 3. The lowest BCUT2D eigenvalue weighted by molar-refractivity contribution is -0.139. The van der Waals surface area contributed by atoms with Crippen LogP contribution in [0, 0.1) is 12.8 Å². The molecule has 20 heavy (non-hydrogen) atoms. The summed E-state index contributed by atoms with van der Waals surface area (Å²) in [5.41, 5.74) is 0.655. The molecule has 1 saturated carbocycles. The van der Waals surface area contributed by atoms with Crippen LogP contribution in [0.15, 0.2) is 12.3 Å². The molecule has 108 valence electrons. The summed E-state index contributed by atoms with van der Waals surface area (Å²) in [7, 11) is 0. The van der Waals surface area contributed by atoms with E-state index in [1.165, 1.54) is 12.8 Å². The van der Waals surface area contributed by atoms with Crippen LogP contribution in [0.4, 0.5) is 0 Å². The minimum absolute atomic E-state index is 0.234. The minimum atomic E-state index is -0.314. The number of hydrogen-bond acceptors (Lipinski definition) is 3. The SMILES string of the molecule is Cc1ccnc([C@@]2(C)CCCN2C(=O)C2CCCC2)n1. The molecule has 2 fully saturated rings. The summed E-state index contributed by atoms with van der Waals surface area (Å²) in [5.74, 6) is 1.37. The van der Waals surface area contributed by atoms with Crippen molar-refractivity contribution in [3.05, 3.63) is 23.8 Å². The zero-order chi connectivity index (χ0) is 14.2. The number of rotatable bonds is 2. The van der Waals surface area contributed by atoms with Crippen LogP contribution in [0.3, 0.4) is 0 Å². The summed E-state index contributed by atoms with van der Waals surface area (Å²) < 4.78 is 0. The molecule has 1 aliphatic carbocycles. The van der Waals surface area contributed by atoms with Gasteiger partial charge < -0.3 is 4.90 Å². The van der Waals surface area contributed by atoms with Crippen molar-refractivity contribution in [1.29, 1.82) is 0 Å². The van der Waals surface area contributed by atoms with Gasteiger partial charge in [-0.15, -0.1) is 0 Å². The molecule has 1 atom stereocenters. The molecule has 0 unspecified atom stereocenters. The van der Waals surface area contributed by atoms with E-state index < -0.39 is 0 Å². The Hall–Kier alpha value is -1.45. The molecule has 1 saturated heterocycles. The first-order chi connectivity index (χ1) is 9.61. The molecule has 0 radical (unpaired) electrons. The van der Waals surface area contributed by atoms with Crippen molar-refractivity contribution in [2.24, 2.45) is 5.92 Å². The van der Waals surface area contributed by atoms with E-state index in [1.54, 1.807) is 6.20 Å². The monoisotopic (exact) mass is 273 g/mol. The third kappa shape index (κ3) is 2.21. The quantitative estimate of drug-likeness (QED) is 0.832. The van der Waals surface area contributed by atoms with Crippen molar-refractivity contribution in [2.45, 2.75) is 57.9 Å². The van der Waals surface area contributed by atoms with Crippen LogP contribution in [0.5, 0.6) is 0 Å². The molecule has 0 bridgehead atoms. The topological polar surface area (TPSA) is 46.1 Å². The Morgan fingerprint density at radius 2 is 2.10 bits per heavy atom. The standard InChI is InChI=1S/C16H23N3O/c1-12-8-10-17-15(18-12)16(2)9-5-11-19(16)14(20)13-6-3-4-7-13/h8,10,13H,3-7,9,11H2,1-2H3/t16-/m1/s1. The molecule has 1 amide bonds. The van der Waals surface area contributed by atoms with Gasteiger partial charge in [-0.25, -0.2) is 9.97 Å². The average Bonchev–Trinajstić information content (AvgIpc) is 3.08. The zero-order valence-electron chi connectivity index (χ0n) is 12.4. The van der Waals surface area contributed by atoms with E-state index in [1.807, 2.05) is 13.0 Å². The predicted octanol–water partition coefficient (Wildman–Crippen LogP) is 2.81. The van der Waals surface area contributed by atoms with E-state index in [0.717, 1.165) is 43.7 Å². The first-order valence-electron chi connectivity index (χ1n) is 7.73. The Balaban J connectivity index is 1.88. The van der Waals surface area contributed by atoms with Gasteiger partial charge in [0.05, 0.1) is 5.54 Å². The molecule has 4 heteroatoms. The van der Waals surface area contributed by atoms with Crippen molar-refractivity contribution < 1.29 is 4.79 Å². The van der Waals surface area contributed by atoms with Gasteiger partial charge >= 0.3 is 0 Å². The maximum atomic E-state index is 12.8. The summed E-state index contributed by atoms with van der Waals surface area (Å²) in [4.78, 5) is 23.9. The summed E-state index contributed by atoms with van der Waals surface area (Å²) >= 11 is 0. The molecule has 4 nitrogen and oxygen atoms in total. The van der Waals surface area contributed by atoms with Crippen molar-refractivity contribution in [3.63, 3.8) is 0 Å². The van der Waals surface area contributed by atoms with E-state index in [2.05, 4.69) is 21.8 Å². The lowest BCUT2D eigenvalue weighted by Crippen LogP contribution is -2.46. The van der Waals surface area contributed by atoms with Crippen molar-refractivity contribution in [2.75, 3.05) is 6.54 Å². The Kier molecular flexibility index (Phi) is 3.48. The third-order valence-corrected chi connectivity index (χ3v) is 4.89. The molecule has 0 N–H and O–H groups in total. The molecule has 1 aliphatic heterocycles. The number of hydrogen-bond donors (Lipinski definition) is 0. The Morgan fingerprint density at radius 1 is 1.35 bits per heavy atom. The van der Waals surface area contributed by atoms with E-state index in [4.69, 9.17) is 0 Å². The molecule has 2 aliphatic rings. The second kappa shape index (κ2) is 5.15. The third-order valence-electron chi connectivity index (χ3n) is 4.89. The highest BCUT2D eigenvalue weighted by Crippen LogP contribution is 2.39. The first-order valence-corrected chi connectivity index (χ1v) is 7.73. The summed E-state index contributed by atoms with van der Waals surface area (Å²) in [5, 5.41) is 0. The normalized spacial score (nSPS) is 27.2. The van der Waals surface area contributed by atoms with Crippen LogP contribution >= 0.6 is 0 Å². The number of carbonyl (C=O) groups is 1.